The third-order valence-electron chi connectivity index (χ3n) is 5.33. The fourth-order valence-corrected chi connectivity index (χ4v) is 3.68. The van der Waals surface area contributed by atoms with Crippen LogP contribution in [0.2, 0.25) is 0 Å². The lowest BCUT2D eigenvalue weighted by molar-refractivity contribution is 0.0932. The summed E-state index contributed by atoms with van der Waals surface area (Å²) in [7, 11) is 0. The van der Waals surface area contributed by atoms with E-state index in [-0.39, 0.29) is 41.9 Å². The van der Waals surface area contributed by atoms with Gasteiger partial charge >= 0.3 is 0 Å². The number of nitrogens with zero attached hydrogens (tertiary/aromatic N) is 4. The Hall–Kier alpha value is -4.41. The van der Waals surface area contributed by atoms with E-state index in [1.54, 1.807) is 19.1 Å². The molecule has 5 rings (SSSR count). The average Bonchev–Trinajstić information content (AvgIpc) is 3.22. The van der Waals surface area contributed by atoms with Gasteiger partial charge in [0.2, 0.25) is 5.88 Å². The summed E-state index contributed by atoms with van der Waals surface area (Å²) in [6.07, 6.45) is 2.09. The van der Waals surface area contributed by atoms with Crippen LogP contribution >= 0.6 is 0 Å². The number of nitrogens with one attached hydrogen (secondary N) is 2. The van der Waals surface area contributed by atoms with Gasteiger partial charge in [-0.25, -0.2) is 14.4 Å². The second kappa shape index (κ2) is 7.93. The molecule has 168 valence electrons. The van der Waals surface area contributed by atoms with Crippen molar-refractivity contribution in [3.63, 3.8) is 0 Å². The number of carbonyl (C=O) groups is 1. The third-order valence-corrected chi connectivity index (χ3v) is 5.33. The monoisotopic (exact) mass is 448 g/mol. The van der Waals surface area contributed by atoms with Crippen molar-refractivity contribution >= 4 is 28.9 Å². The summed E-state index contributed by atoms with van der Waals surface area (Å²) in [5, 5.41) is 10.3. The molecule has 4 heterocycles. The summed E-state index contributed by atoms with van der Waals surface area (Å²) in [6.45, 7) is 2.14. The molecule has 33 heavy (non-hydrogen) atoms. The molecule has 1 aliphatic heterocycles. The molecule has 0 saturated carbocycles. The van der Waals surface area contributed by atoms with Gasteiger partial charge in [-0.2, -0.15) is 9.61 Å². The van der Waals surface area contributed by atoms with Crippen LogP contribution in [0, 0.1) is 5.82 Å². The molecule has 1 aliphatic rings. The van der Waals surface area contributed by atoms with Crippen molar-refractivity contribution in [1.82, 2.24) is 24.9 Å². The number of halogens is 1. The summed E-state index contributed by atoms with van der Waals surface area (Å²) < 4.78 is 21.3. The Morgan fingerprint density at radius 1 is 1.18 bits per heavy atom. The van der Waals surface area contributed by atoms with Crippen LogP contribution in [0.5, 0.6) is 5.88 Å². The second-order valence-corrected chi connectivity index (χ2v) is 7.75. The maximum Gasteiger partial charge on any atom is 0.256 e. The van der Waals surface area contributed by atoms with E-state index < -0.39 is 11.9 Å². The highest BCUT2D eigenvalue weighted by molar-refractivity contribution is 6.01. The van der Waals surface area contributed by atoms with E-state index in [4.69, 9.17) is 16.2 Å². The number of ether oxygens (including phenoxy) is 1. The number of nitrogens with two attached hydrogens (primary N) is 2. The van der Waals surface area contributed by atoms with Gasteiger partial charge in [0.15, 0.2) is 5.65 Å². The first-order chi connectivity index (χ1) is 15.9. The molecular weight excluding hydrogens is 427 g/mol. The number of rotatable bonds is 1. The Labute approximate surface area is 187 Å². The van der Waals surface area contributed by atoms with Crippen LogP contribution in [0.1, 0.15) is 22.8 Å². The number of carbonyl (C=O) groups excluding carboxylic acids is 1. The van der Waals surface area contributed by atoms with Crippen LogP contribution in [0.15, 0.2) is 42.7 Å². The standard InChI is InChI=1S/C22H21FN8O2/c1-11-7-27-21(32)16-10-29-31-18(25)17(12-2-4-15(24)5-3-12)19(30-20(16)31)26-8-13-6-14(23)9-28-22(13)33-11/h2-6,9-11H,7-8,24-25H2,1H3,(H,26,30)(H,27,32)/t11-/m0/s1. The highest BCUT2D eigenvalue weighted by Crippen LogP contribution is 2.35. The Balaban J connectivity index is 1.71. The normalized spacial score (nSPS) is 16.1. The van der Waals surface area contributed by atoms with Gasteiger partial charge in [-0.1, -0.05) is 12.1 Å². The van der Waals surface area contributed by atoms with Crippen molar-refractivity contribution in [2.24, 2.45) is 0 Å². The van der Waals surface area contributed by atoms with Gasteiger partial charge in [-0.15, -0.1) is 0 Å². The first kappa shape index (κ1) is 20.5. The lowest BCUT2D eigenvalue weighted by Crippen LogP contribution is -2.33. The minimum atomic E-state index is -0.496. The Morgan fingerprint density at radius 2 is 1.97 bits per heavy atom. The number of pyridine rings is 1. The summed E-state index contributed by atoms with van der Waals surface area (Å²) in [5.74, 6) is 0.0652. The van der Waals surface area contributed by atoms with E-state index in [9.17, 15) is 9.18 Å². The quantitative estimate of drug-likeness (QED) is 0.324. The van der Waals surface area contributed by atoms with Gasteiger partial charge < -0.3 is 26.8 Å². The SMILES string of the molecule is C[C@H]1CNC(=O)c2cnn3c(N)c(-c4ccc(N)cc4)c(nc23)NCc2cc(F)cnc2O1. The molecule has 0 aliphatic carbocycles. The topological polar surface area (TPSA) is 145 Å². The van der Waals surface area contributed by atoms with Crippen LogP contribution in [0.25, 0.3) is 16.8 Å². The number of aromatic nitrogens is 4. The molecule has 0 saturated heterocycles. The van der Waals surface area contributed by atoms with Crippen molar-refractivity contribution in [2.75, 3.05) is 23.3 Å². The van der Waals surface area contributed by atoms with Crippen molar-refractivity contribution in [2.45, 2.75) is 19.6 Å². The fraction of sp³-hybridized carbons (Fsp3) is 0.182. The molecule has 4 aromatic rings. The zero-order valence-electron chi connectivity index (χ0n) is 17.7. The third kappa shape index (κ3) is 3.73. The van der Waals surface area contributed by atoms with Crippen molar-refractivity contribution in [3.05, 3.63) is 59.7 Å². The fourth-order valence-electron chi connectivity index (χ4n) is 3.68. The number of benzene rings is 1. The van der Waals surface area contributed by atoms with Crippen molar-refractivity contribution in [3.8, 4) is 17.0 Å². The number of amides is 1. The van der Waals surface area contributed by atoms with Crippen LogP contribution in [-0.2, 0) is 6.54 Å². The highest BCUT2D eigenvalue weighted by atomic mass is 19.1. The molecular formula is C22H21FN8O2. The lowest BCUT2D eigenvalue weighted by Gasteiger charge is -2.18. The van der Waals surface area contributed by atoms with Crippen LogP contribution in [-0.4, -0.2) is 38.1 Å². The average molecular weight is 448 g/mol. The summed E-state index contributed by atoms with van der Waals surface area (Å²) >= 11 is 0. The number of fused-ring (bicyclic) bond motifs is 2. The van der Waals surface area contributed by atoms with Crippen LogP contribution in [0.4, 0.5) is 21.7 Å². The highest BCUT2D eigenvalue weighted by Gasteiger charge is 2.23. The number of hydrogen-bond acceptors (Lipinski definition) is 8. The smallest absolute Gasteiger partial charge is 0.256 e. The predicted molar refractivity (Wildman–Crippen MR) is 121 cm³/mol. The van der Waals surface area contributed by atoms with Gasteiger partial charge in [-0.05, 0) is 30.7 Å². The van der Waals surface area contributed by atoms with Crippen LogP contribution < -0.4 is 26.8 Å². The van der Waals surface area contributed by atoms with Crippen molar-refractivity contribution in [1.29, 1.82) is 0 Å². The second-order valence-electron chi connectivity index (χ2n) is 7.75. The minimum absolute atomic E-state index is 0.155. The molecule has 1 amide bonds. The van der Waals surface area contributed by atoms with E-state index >= 15 is 0 Å². The summed E-state index contributed by atoms with van der Waals surface area (Å²) in [4.78, 5) is 21.6. The minimum Gasteiger partial charge on any atom is -0.473 e. The molecule has 0 unspecified atom stereocenters. The van der Waals surface area contributed by atoms with E-state index in [2.05, 4.69) is 25.7 Å². The largest absolute Gasteiger partial charge is 0.473 e. The Kier molecular flexibility index (Phi) is 4.93. The zero-order chi connectivity index (χ0) is 23.1. The molecule has 10 nitrogen and oxygen atoms in total. The summed E-state index contributed by atoms with van der Waals surface area (Å²) in [6, 6.07) is 8.46. The van der Waals surface area contributed by atoms with Gasteiger partial charge in [0, 0.05) is 17.8 Å². The first-order valence-corrected chi connectivity index (χ1v) is 10.3. The predicted octanol–water partition coefficient (Wildman–Crippen LogP) is 2.22. The van der Waals surface area contributed by atoms with Gasteiger partial charge in [0.1, 0.15) is 29.1 Å². The molecule has 0 spiro atoms. The Morgan fingerprint density at radius 3 is 2.76 bits per heavy atom. The molecule has 2 bridgehead atoms. The maximum absolute atomic E-state index is 14.0. The zero-order valence-corrected chi connectivity index (χ0v) is 17.7. The van der Waals surface area contributed by atoms with Gasteiger partial charge in [0.25, 0.3) is 5.91 Å². The van der Waals surface area contributed by atoms with Gasteiger partial charge in [0.05, 0.1) is 24.5 Å². The van der Waals surface area contributed by atoms with Crippen molar-refractivity contribution < 1.29 is 13.9 Å². The van der Waals surface area contributed by atoms with E-state index in [0.717, 1.165) is 11.8 Å². The molecule has 6 N–H and O–H groups in total. The number of hydrogen-bond donors (Lipinski definition) is 4. The van der Waals surface area contributed by atoms with E-state index in [1.165, 1.54) is 16.8 Å². The Bertz CT molecular complexity index is 1370. The molecule has 0 fully saturated rings. The van der Waals surface area contributed by atoms with E-state index in [1.807, 2.05) is 12.1 Å². The number of nitrogen functional groups attached to an aromatic ring is 2. The molecule has 1 aromatic carbocycles. The lowest BCUT2D eigenvalue weighted by atomic mass is 10.1. The summed E-state index contributed by atoms with van der Waals surface area (Å²) in [5.41, 5.74) is 15.3. The molecule has 1 atom stereocenters. The van der Waals surface area contributed by atoms with Gasteiger partial charge in [-0.3, -0.25) is 4.79 Å². The number of anilines is 3. The molecule has 11 heteroatoms. The maximum atomic E-state index is 14.0. The van der Waals surface area contributed by atoms with Crippen LogP contribution in [0.3, 0.4) is 0 Å². The molecule has 0 radical (unpaired) electrons. The first-order valence-electron chi connectivity index (χ1n) is 10.3. The molecule has 3 aromatic heterocycles. The van der Waals surface area contributed by atoms with E-state index in [0.29, 0.717) is 22.6 Å².